The zero-order chi connectivity index (χ0) is 14.2. The Morgan fingerprint density at radius 2 is 2.40 bits per heavy atom. The molecule has 4 nitrogen and oxygen atoms in total. The first kappa shape index (κ1) is 14.1. The summed E-state index contributed by atoms with van der Waals surface area (Å²) in [6, 6.07) is 3.77. The minimum Gasteiger partial charge on any atom is -0.330 e. The van der Waals surface area contributed by atoms with Gasteiger partial charge in [-0.15, -0.1) is 17.8 Å². The van der Waals surface area contributed by atoms with Crippen molar-refractivity contribution in [3.05, 3.63) is 17.5 Å². The largest absolute Gasteiger partial charge is 0.330 e. The van der Waals surface area contributed by atoms with Gasteiger partial charge in [0.15, 0.2) is 0 Å². The first-order valence-corrected chi connectivity index (χ1v) is 9.30. The van der Waals surface area contributed by atoms with E-state index < -0.39 is 10.0 Å². The maximum absolute atomic E-state index is 12.1. The van der Waals surface area contributed by atoms with E-state index in [9.17, 15) is 8.42 Å². The third-order valence-corrected chi connectivity index (χ3v) is 7.37. The molecule has 1 aromatic rings. The van der Waals surface area contributed by atoms with Crippen molar-refractivity contribution in [3.63, 3.8) is 0 Å². The summed E-state index contributed by atoms with van der Waals surface area (Å²) in [7, 11) is -3.34. The fraction of sp³-hybridized carbons (Fsp3) is 0.571. The van der Waals surface area contributed by atoms with E-state index in [4.69, 9.17) is 6.42 Å². The number of nitrogens with one attached hydrogen (secondary N) is 2. The first-order valence-electron chi connectivity index (χ1n) is 6.94. The van der Waals surface area contributed by atoms with Crippen molar-refractivity contribution in [1.82, 2.24) is 4.72 Å². The van der Waals surface area contributed by atoms with Crippen LogP contribution in [0.15, 0.2) is 21.7 Å². The van der Waals surface area contributed by atoms with Crippen LogP contribution in [0.4, 0.5) is 0 Å². The molecule has 2 N–H and O–H groups in total. The first-order chi connectivity index (χ1) is 9.60. The molecule has 3 fully saturated rings. The van der Waals surface area contributed by atoms with Crippen LogP contribution in [0.1, 0.15) is 12.8 Å². The maximum Gasteiger partial charge on any atom is 0.250 e. The van der Waals surface area contributed by atoms with E-state index in [0.29, 0.717) is 28.6 Å². The van der Waals surface area contributed by atoms with Crippen molar-refractivity contribution in [2.75, 3.05) is 19.6 Å². The molecule has 3 aliphatic heterocycles. The van der Waals surface area contributed by atoms with Gasteiger partial charge in [0, 0.05) is 12.8 Å². The Morgan fingerprint density at radius 3 is 3.00 bits per heavy atom. The maximum atomic E-state index is 12.1. The second kappa shape index (κ2) is 5.49. The normalized spacial score (nSPS) is 33.0. The van der Waals surface area contributed by atoms with Gasteiger partial charge in [-0.05, 0) is 17.4 Å². The van der Waals surface area contributed by atoms with Gasteiger partial charge in [0.25, 0.3) is 0 Å². The lowest BCUT2D eigenvalue weighted by Gasteiger charge is -2.45. The average Bonchev–Trinajstić information content (AvgIpc) is 3.01. The molecule has 0 spiro atoms. The Kier molecular flexibility index (Phi) is 3.87. The molecule has 2 bridgehead atoms. The fourth-order valence-electron chi connectivity index (χ4n) is 3.43. The SMILES string of the molecule is C#C[C@H]1C[NH+]2CC[C@H]1C[C@@H]2CNS(=O)(=O)c1cccs1. The third-order valence-electron chi connectivity index (χ3n) is 4.55. The van der Waals surface area contributed by atoms with Crippen LogP contribution in [0.5, 0.6) is 0 Å². The highest BCUT2D eigenvalue weighted by Crippen LogP contribution is 2.26. The van der Waals surface area contributed by atoms with Crippen molar-refractivity contribution in [2.45, 2.75) is 23.1 Å². The monoisotopic (exact) mass is 311 g/mol. The van der Waals surface area contributed by atoms with E-state index in [1.165, 1.54) is 22.7 Å². The lowest BCUT2D eigenvalue weighted by Crippen LogP contribution is -3.20. The number of thiophene rings is 1. The molecule has 4 rings (SSSR count). The van der Waals surface area contributed by atoms with E-state index in [1.54, 1.807) is 17.5 Å². The highest BCUT2D eigenvalue weighted by Gasteiger charge is 2.43. The van der Waals surface area contributed by atoms with Crippen LogP contribution < -0.4 is 9.62 Å². The summed E-state index contributed by atoms with van der Waals surface area (Å²) >= 11 is 1.25. The minimum atomic E-state index is -3.34. The minimum absolute atomic E-state index is 0.369. The molecule has 108 valence electrons. The topological polar surface area (TPSA) is 50.6 Å². The number of hydrogen-bond donors (Lipinski definition) is 2. The Balaban J connectivity index is 1.62. The number of terminal acetylenes is 1. The molecule has 4 heterocycles. The molecule has 1 aromatic heterocycles. The van der Waals surface area contributed by atoms with Gasteiger partial charge in [-0.3, -0.25) is 0 Å². The molecule has 6 heteroatoms. The van der Waals surface area contributed by atoms with Crippen molar-refractivity contribution in [1.29, 1.82) is 0 Å². The lowest BCUT2D eigenvalue weighted by molar-refractivity contribution is -0.943. The van der Waals surface area contributed by atoms with Crippen LogP contribution in [-0.4, -0.2) is 34.1 Å². The molecule has 0 amide bonds. The summed E-state index contributed by atoms with van der Waals surface area (Å²) in [6.07, 6.45) is 7.79. The molecule has 0 aromatic carbocycles. The molecule has 0 radical (unpaired) electrons. The van der Waals surface area contributed by atoms with Gasteiger partial charge in [-0.1, -0.05) is 12.0 Å². The van der Waals surface area contributed by atoms with E-state index in [0.717, 1.165) is 19.5 Å². The number of sulfonamides is 1. The molecule has 20 heavy (non-hydrogen) atoms. The summed E-state index contributed by atoms with van der Waals surface area (Å²) < 4.78 is 27.4. The van der Waals surface area contributed by atoms with Crippen molar-refractivity contribution in [2.24, 2.45) is 11.8 Å². The predicted molar refractivity (Wildman–Crippen MR) is 79.0 cm³/mol. The lowest BCUT2D eigenvalue weighted by atomic mass is 9.76. The highest BCUT2D eigenvalue weighted by atomic mass is 32.2. The Morgan fingerprint density at radius 1 is 1.55 bits per heavy atom. The van der Waals surface area contributed by atoms with Crippen molar-refractivity contribution >= 4 is 21.4 Å². The van der Waals surface area contributed by atoms with Gasteiger partial charge >= 0.3 is 0 Å². The Hall–Kier alpha value is -0.870. The van der Waals surface area contributed by atoms with Crippen LogP contribution in [0.25, 0.3) is 0 Å². The summed E-state index contributed by atoms with van der Waals surface area (Å²) in [5.74, 6) is 3.85. The molecule has 1 unspecified atom stereocenters. The second-order valence-electron chi connectivity index (χ2n) is 5.65. The smallest absolute Gasteiger partial charge is 0.250 e. The van der Waals surface area contributed by atoms with Crippen LogP contribution in [0, 0.1) is 24.2 Å². The zero-order valence-electron chi connectivity index (χ0n) is 11.2. The number of rotatable bonds is 4. The average molecular weight is 311 g/mol. The standard InChI is InChI=1S/C14H18N2O2S2/c1-2-11-10-16-6-5-12(11)8-13(16)9-15-20(17,18)14-4-3-7-19-14/h1,3-4,7,11-13,15H,5-6,8-10H2/p+1/t11-,12-,13+/m0/s1. The number of fused-ring (bicyclic) bond motifs is 3. The fourth-order valence-corrected chi connectivity index (χ4v) is 5.55. The summed E-state index contributed by atoms with van der Waals surface area (Å²) in [4.78, 5) is 1.46. The third kappa shape index (κ3) is 2.63. The quantitative estimate of drug-likeness (QED) is 0.766. The van der Waals surface area contributed by atoms with Gasteiger partial charge < -0.3 is 4.90 Å². The number of quaternary nitrogens is 1. The summed E-state index contributed by atoms with van der Waals surface area (Å²) in [5.41, 5.74) is 0. The summed E-state index contributed by atoms with van der Waals surface area (Å²) in [5, 5.41) is 1.78. The number of piperidine rings is 3. The summed E-state index contributed by atoms with van der Waals surface area (Å²) in [6.45, 7) is 2.63. The highest BCUT2D eigenvalue weighted by molar-refractivity contribution is 7.91. The predicted octanol–water partition coefficient (Wildman–Crippen LogP) is -0.0471. The Bertz CT molecular complexity index is 604. The molecule has 4 atom stereocenters. The molecule has 3 aliphatic rings. The molecule has 0 saturated carbocycles. The van der Waals surface area contributed by atoms with E-state index in [-0.39, 0.29) is 0 Å². The van der Waals surface area contributed by atoms with Gasteiger partial charge in [0.1, 0.15) is 10.3 Å². The van der Waals surface area contributed by atoms with Gasteiger partial charge in [-0.25, -0.2) is 13.1 Å². The van der Waals surface area contributed by atoms with E-state index in [1.807, 2.05) is 0 Å². The zero-order valence-corrected chi connectivity index (χ0v) is 12.8. The van der Waals surface area contributed by atoms with Crippen LogP contribution >= 0.6 is 11.3 Å². The van der Waals surface area contributed by atoms with Gasteiger partial charge in [0.2, 0.25) is 10.0 Å². The van der Waals surface area contributed by atoms with E-state index in [2.05, 4.69) is 10.6 Å². The molecule has 3 saturated heterocycles. The van der Waals surface area contributed by atoms with Gasteiger partial charge in [-0.2, -0.15) is 0 Å². The van der Waals surface area contributed by atoms with Crippen LogP contribution in [0.3, 0.4) is 0 Å². The van der Waals surface area contributed by atoms with Crippen molar-refractivity contribution < 1.29 is 13.3 Å². The van der Waals surface area contributed by atoms with Gasteiger partial charge in [0.05, 0.1) is 25.6 Å². The molecular weight excluding hydrogens is 292 g/mol. The number of hydrogen-bond acceptors (Lipinski definition) is 3. The van der Waals surface area contributed by atoms with E-state index >= 15 is 0 Å². The van der Waals surface area contributed by atoms with Crippen molar-refractivity contribution in [3.8, 4) is 12.3 Å². The molecule has 0 aliphatic carbocycles. The molecular formula is C14H19N2O2S2+. The Labute approximate surface area is 124 Å². The second-order valence-corrected chi connectivity index (χ2v) is 8.59. The van der Waals surface area contributed by atoms with Crippen LogP contribution in [0.2, 0.25) is 0 Å². The van der Waals surface area contributed by atoms with Crippen LogP contribution in [-0.2, 0) is 10.0 Å².